The van der Waals surface area contributed by atoms with E-state index < -0.39 is 10.0 Å². The quantitative estimate of drug-likeness (QED) is 0.715. The van der Waals surface area contributed by atoms with Crippen LogP contribution >= 0.6 is 11.3 Å². The summed E-state index contributed by atoms with van der Waals surface area (Å²) in [5, 5.41) is 3.34. The maximum absolute atomic E-state index is 12.4. The highest BCUT2D eigenvalue weighted by atomic mass is 32.2. The van der Waals surface area contributed by atoms with E-state index in [1.54, 1.807) is 11.3 Å². The lowest BCUT2D eigenvalue weighted by Gasteiger charge is -2.14. The fraction of sp³-hybridized carbons (Fsp3) is 0.263. The Balaban J connectivity index is 1.68. The maximum atomic E-state index is 12.4. The Morgan fingerprint density at radius 2 is 1.92 bits per heavy atom. The third kappa shape index (κ3) is 4.23. The van der Waals surface area contributed by atoms with E-state index >= 15 is 0 Å². The zero-order chi connectivity index (χ0) is 17.2. The van der Waals surface area contributed by atoms with Gasteiger partial charge in [-0.1, -0.05) is 48.0 Å². The first-order chi connectivity index (χ1) is 11.4. The Morgan fingerprint density at radius 1 is 1.12 bits per heavy atom. The van der Waals surface area contributed by atoms with Crippen LogP contribution in [0.1, 0.15) is 23.6 Å². The van der Waals surface area contributed by atoms with E-state index in [1.807, 2.05) is 50.2 Å². The lowest BCUT2D eigenvalue weighted by atomic mass is 10.1. The molecule has 0 fully saturated rings. The second kappa shape index (κ2) is 7.05. The number of nitrogens with one attached hydrogen (secondary N) is 1. The van der Waals surface area contributed by atoms with E-state index in [0.717, 1.165) is 11.1 Å². The van der Waals surface area contributed by atoms with Crippen molar-refractivity contribution in [2.45, 2.75) is 32.1 Å². The molecule has 0 aliphatic carbocycles. The number of benzene rings is 2. The summed E-state index contributed by atoms with van der Waals surface area (Å²) in [6.45, 7) is 3.88. The standard InChI is InChI=1S/C19H21NO2S2/c1-14-6-5-7-16(10-14)13-24(21,22)20-15(2)11-17-12-23-19-9-4-3-8-18(17)19/h3-10,12,15,20H,11,13H2,1-2H3/t15-/m1/s1. The molecule has 0 radical (unpaired) electrons. The smallest absolute Gasteiger partial charge is 0.212 e. The molecule has 0 aliphatic rings. The normalized spacial score (nSPS) is 13.2. The summed E-state index contributed by atoms with van der Waals surface area (Å²) in [6, 6.07) is 15.7. The summed E-state index contributed by atoms with van der Waals surface area (Å²) < 4.78 is 28.9. The Kier molecular flexibility index (Phi) is 5.04. The van der Waals surface area contributed by atoms with Gasteiger partial charge in [0.1, 0.15) is 0 Å². The third-order valence-corrected chi connectivity index (χ3v) is 6.39. The van der Waals surface area contributed by atoms with Crippen LogP contribution in [0.2, 0.25) is 0 Å². The zero-order valence-corrected chi connectivity index (χ0v) is 15.5. The predicted molar refractivity (Wildman–Crippen MR) is 102 cm³/mol. The molecule has 3 rings (SSSR count). The lowest BCUT2D eigenvalue weighted by Crippen LogP contribution is -2.34. The Morgan fingerprint density at radius 3 is 2.71 bits per heavy atom. The highest BCUT2D eigenvalue weighted by molar-refractivity contribution is 7.88. The van der Waals surface area contributed by atoms with Crippen LogP contribution in [0.5, 0.6) is 0 Å². The van der Waals surface area contributed by atoms with Gasteiger partial charge in [0.2, 0.25) is 10.0 Å². The molecule has 1 N–H and O–H groups in total. The topological polar surface area (TPSA) is 46.2 Å². The van der Waals surface area contributed by atoms with Gasteiger partial charge in [-0.25, -0.2) is 13.1 Å². The number of thiophene rings is 1. The van der Waals surface area contributed by atoms with Gasteiger partial charge in [0.15, 0.2) is 0 Å². The third-order valence-electron chi connectivity index (χ3n) is 3.91. The number of aryl methyl sites for hydroxylation is 1. The van der Waals surface area contributed by atoms with E-state index in [0.29, 0.717) is 6.42 Å². The Bertz CT molecular complexity index is 945. The largest absolute Gasteiger partial charge is 0.216 e. The molecular formula is C19H21NO2S2. The van der Waals surface area contributed by atoms with Gasteiger partial charge < -0.3 is 0 Å². The minimum atomic E-state index is -3.35. The fourth-order valence-electron chi connectivity index (χ4n) is 2.93. The van der Waals surface area contributed by atoms with Crippen molar-refractivity contribution in [3.63, 3.8) is 0 Å². The highest BCUT2D eigenvalue weighted by Gasteiger charge is 2.17. The van der Waals surface area contributed by atoms with Crippen LogP contribution in [0.3, 0.4) is 0 Å². The van der Waals surface area contributed by atoms with Crippen LogP contribution in [-0.2, 0) is 22.2 Å². The van der Waals surface area contributed by atoms with Crippen LogP contribution in [0.15, 0.2) is 53.9 Å². The summed E-state index contributed by atoms with van der Waals surface area (Å²) in [6.07, 6.45) is 0.692. The number of fused-ring (bicyclic) bond motifs is 1. The number of hydrogen-bond donors (Lipinski definition) is 1. The van der Waals surface area contributed by atoms with Gasteiger partial charge in [-0.2, -0.15) is 0 Å². The first-order valence-electron chi connectivity index (χ1n) is 7.93. The Labute approximate surface area is 147 Å². The first kappa shape index (κ1) is 17.1. The molecule has 126 valence electrons. The minimum Gasteiger partial charge on any atom is -0.212 e. The Hall–Kier alpha value is -1.69. The molecule has 3 aromatic rings. The molecule has 0 saturated carbocycles. The molecule has 0 aliphatic heterocycles. The van der Waals surface area contributed by atoms with Gasteiger partial charge in [0.05, 0.1) is 5.75 Å². The lowest BCUT2D eigenvalue weighted by molar-refractivity contribution is 0.559. The van der Waals surface area contributed by atoms with Gasteiger partial charge in [-0.3, -0.25) is 0 Å². The van der Waals surface area contributed by atoms with E-state index in [1.165, 1.54) is 15.6 Å². The molecular weight excluding hydrogens is 338 g/mol. The van der Waals surface area contributed by atoms with Crippen LogP contribution < -0.4 is 4.72 Å². The van der Waals surface area contributed by atoms with Crippen molar-refractivity contribution < 1.29 is 8.42 Å². The van der Waals surface area contributed by atoms with Gasteiger partial charge in [-0.15, -0.1) is 11.3 Å². The summed E-state index contributed by atoms with van der Waals surface area (Å²) in [7, 11) is -3.35. The number of rotatable bonds is 6. The molecule has 0 saturated heterocycles. The van der Waals surface area contributed by atoms with E-state index in [9.17, 15) is 8.42 Å². The van der Waals surface area contributed by atoms with Crippen molar-refractivity contribution in [2.24, 2.45) is 0 Å². The molecule has 1 atom stereocenters. The summed E-state index contributed by atoms with van der Waals surface area (Å²) in [4.78, 5) is 0. The van der Waals surface area contributed by atoms with Crippen LogP contribution in [0.4, 0.5) is 0 Å². The number of hydrogen-bond acceptors (Lipinski definition) is 3. The average Bonchev–Trinajstić information content (AvgIpc) is 2.89. The van der Waals surface area contributed by atoms with E-state index in [-0.39, 0.29) is 11.8 Å². The van der Waals surface area contributed by atoms with E-state index in [2.05, 4.69) is 22.2 Å². The monoisotopic (exact) mass is 359 g/mol. The second-order valence-electron chi connectivity index (χ2n) is 6.23. The first-order valence-corrected chi connectivity index (χ1v) is 10.5. The van der Waals surface area contributed by atoms with Crippen molar-refractivity contribution in [3.8, 4) is 0 Å². The van der Waals surface area contributed by atoms with Crippen molar-refractivity contribution in [2.75, 3.05) is 0 Å². The number of sulfonamides is 1. The zero-order valence-electron chi connectivity index (χ0n) is 13.8. The maximum Gasteiger partial charge on any atom is 0.216 e. The molecule has 24 heavy (non-hydrogen) atoms. The molecule has 0 unspecified atom stereocenters. The van der Waals surface area contributed by atoms with Gasteiger partial charge >= 0.3 is 0 Å². The van der Waals surface area contributed by atoms with Crippen LogP contribution in [0, 0.1) is 6.92 Å². The molecule has 1 heterocycles. The highest BCUT2D eigenvalue weighted by Crippen LogP contribution is 2.26. The molecule has 2 aromatic carbocycles. The van der Waals surface area contributed by atoms with E-state index in [4.69, 9.17) is 0 Å². The summed E-state index contributed by atoms with van der Waals surface area (Å²) in [5.74, 6) is 0.0173. The SMILES string of the molecule is Cc1cccc(CS(=O)(=O)N[C@H](C)Cc2csc3ccccc23)c1. The molecule has 0 bridgehead atoms. The van der Waals surface area contributed by atoms with Crippen molar-refractivity contribution >= 4 is 31.4 Å². The minimum absolute atomic E-state index is 0.0173. The average molecular weight is 360 g/mol. The second-order valence-corrected chi connectivity index (χ2v) is 8.89. The van der Waals surface area contributed by atoms with Crippen molar-refractivity contribution in [1.82, 2.24) is 4.72 Å². The summed E-state index contributed by atoms with van der Waals surface area (Å²) >= 11 is 1.70. The molecule has 0 spiro atoms. The fourth-order valence-corrected chi connectivity index (χ4v) is 5.31. The van der Waals surface area contributed by atoms with Crippen LogP contribution in [0.25, 0.3) is 10.1 Å². The molecule has 0 amide bonds. The molecule has 5 heteroatoms. The summed E-state index contributed by atoms with van der Waals surface area (Å²) in [5.41, 5.74) is 3.08. The van der Waals surface area contributed by atoms with Gasteiger partial charge in [0, 0.05) is 10.7 Å². The van der Waals surface area contributed by atoms with Gasteiger partial charge in [-0.05, 0) is 48.2 Å². The molecule has 1 aromatic heterocycles. The molecule has 3 nitrogen and oxygen atoms in total. The van der Waals surface area contributed by atoms with Gasteiger partial charge in [0.25, 0.3) is 0 Å². The predicted octanol–water partition coefficient (Wildman–Crippen LogP) is 4.26. The van der Waals surface area contributed by atoms with Crippen molar-refractivity contribution in [3.05, 3.63) is 70.6 Å². The van der Waals surface area contributed by atoms with Crippen molar-refractivity contribution in [1.29, 1.82) is 0 Å². The van der Waals surface area contributed by atoms with Crippen LogP contribution in [-0.4, -0.2) is 14.5 Å².